The summed E-state index contributed by atoms with van der Waals surface area (Å²) in [5.41, 5.74) is 0. The first-order valence-electron chi connectivity index (χ1n) is 5.66. The highest BCUT2D eigenvalue weighted by Crippen LogP contribution is 2.09. The van der Waals surface area contributed by atoms with Gasteiger partial charge in [-0.2, -0.15) is 0 Å². The fourth-order valence-electron chi connectivity index (χ4n) is 1.46. The highest BCUT2D eigenvalue weighted by atomic mass is 79.9. The Morgan fingerprint density at radius 3 is 2.07 bits per heavy atom. The quantitative estimate of drug-likeness (QED) is 0.521. The maximum Gasteiger partial charge on any atom is 0.0462 e. The standard InChI is InChI=1S/C12H23BrO/c1-14-12-10-8-6-4-2-3-5-7-9-11-13/h9,11H,2-8,10,12H2,1H3/b11-9+. The Kier molecular flexibility index (Phi) is 13.3. The molecule has 0 aliphatic heterocycles. The summed E-state index contributed by atoms with van der Waals surface area (Å²) >= 11 is 3.28. The molecule has 0 spiro atoms. The van der Waals surface area contributed by atoms with E-state index < -0.39 is 0 Å². The molecule has 84 valence electrons. The average molecular weight is 263 g/mol. The Labute approximate surface area is 97.0 Å². The minimum atomic E-state index is 0.927. The van der Waals surface area contributed by atoms with Crippen molar-refractivity contribution in [2.75, 3.05) is 13.7 Å². The molecule has 0 N–H and O–H groups in total. The zero-order chi connectivity index (χ0) is 10.5. The molecule has 0 bridgehead atoms. The third kappa shape index (κ3) is 12.2. The number of hydrogen-bond donors (Lipinski definition) is 0. The minimum absolute atomic E-state index is 0.927. The first kappa shape index (κ1) is 14.2. The molecular formula is C12H23BrO. The van der Waals surface area contributed by atoms with Gasteiger partial charge in [-0.3, -0.25) is 0 Å². The van der Waals surface area contributed by atoms with Gasteiger partial charge in [0.05, 0.1) is 0 Å². The topological polar surface area (TPSA) is 9.23 Å². The number of halogens is 1. The normalized spacial score (nSPS) is 11.3. The van der Waals surface area contributed by atoms with Gasteiger partial charge in [-0.25, -0.2) is 0 Å². The Morgan fingerprint density at radius 1 is 0.929 bits per heavy atom. The Bertz CT molecular complexity index is 123. The second kappa shape index (κ2) is 13.2. The van der Waals surface area contributed by atoms with Crippen molar-refractivity contribution in [2.45, 2.75) is 51.4 Å². The van der Waals surface area contributed by atoms with Crippen LogP contribution in [0.3, 0.4) is 0 Å². The molecule has 0 rings (SSSR count). The molecule has 0 atom stereocenters. The summed E-state index contributed by atoms with van der Waals surface area (Å²) < 4.78 is 5.00. The highest BCUT2D eigenvalue weighted by molar-refractivity contribution is 9.11. The summed E-state index contributed by atoms with van der Waals surface area (Å²) in [6.45, 7) is 0.927. The predicted octanol–water partition coefficient (Wildman–Crippen LogP) is 4.66. The van der Waals surface area contributed by atoms with Crippen LogP contribution in [-0.4, -0.2) is 13.7 Å². The Morgan fingerprint density at radius 2 is 1.50 bits per heavy atom. The Balaban J connectivity index is 2.85. The first-order chi connectivity index (χ1) is 6.91. The van der Waals surface area contributed by atoms with Crippen molar-refractivity contribution < 1.29 is 4.74 Å². The number of unbranched alkanes of at least 4 members (excludes halogenated alkanes) is 7. The van der Waals surface area contributed by atoms with Crippen LogP contribution in [0.2, 0.25) is 0 Å². The molecule has 2 heteroatoms. The van der Waals surface area contributed by atoms with E-state index in [0.29, 0.717) is 0 Å². The lowest BCUT2D eigenvalue weighted by Gasteiger charge is -2.00. The number of rotatable bonds is 10. The number of ether oxygens (including phenoxy) is 1. The summed E-state index contributed by atoms with van der Waals surface area (Å²) in [6, 6.07) is 0. The van der Waals surface area contributed by atoms with Crippen LogP contribution in [-0.2, 0) is 4.74 Å². The van der Waals surface area contributed by atoms with Gasteiger partial charge in [0.2, 0.25) is 0 Å². The van der Waals surface area contributed by atoms with Crippen molar-refractivity contribution >= 4 is 15.9 Å². The first-order valence-corrected chi connectivity index (χ1v) is 6.57. The highest BCUT2D eigenvalue weighted by Gasteiger charge is 1.90. The van der Waals surface area contributed by atoms with E-state index in [1.165, 1.54) is 51.4 Å². The molecule has 0 aromatic heterocycles. The van der Waals surface area contributed by atoms with Crippen molar-refractivity contribution in [1.29, 1.82) is 0 Å². The molecule has 0 unspecified atom stereocenters. The van der Waals surface area contributed by atoms with Crippen molar-refractivity contribution in [3.05, 3.63) is 11.1 Å². The van der Waals surface area contributed by atoms with E-state index in [2.05, 4.69) is 22.0 Å². The van der Waals surface area contributed by atoms with E-state index in [9.17, 15) is 0 Å². The molecule has 0 saturated heterocycles. The van der Waals surface area contributed by atoms with E-state index in [1.807, 2.05) is 4.99 Å². The van der Waals surface area contributed by atoms with Crippen molar-refractivity contribution in [3.8, 4) is 0 Å². The third-order valence-corrected chi connectivity index (χ3v) is 2.68. The SMILES string of the molecule is COCCCCCCCCC/C=C/Br. The van der Waals surface area contributed by atoms with E-state index >= 15 is 0 Å². The zero-order valence-electron chi connectivity index (χ0n) is 9.30. The molecule has 0 aliphatic rings. The third-order valence-electron chi connectivity index (χ3n) is 2.31. The summed E-state index contributed by atoms with van der Waals surface area (Å²) in [7, 11) is 1.78. The minimum Gasteiger partial charge on any atom is -0.385 e. The van der Waals surface area contributed by atoms with Crippen LogP contribution < -0.4 is 0 Å². The molecule has 0 fully saturated rings. The van der Waals surface area contributed by atoms with Gasteiger partial charge in [-0.15, -0.1) is 0 Å². The monoisotopic (exact) mass is 262 g/mol. The van der Waals surface area contributed by atoms with Gasteiger partial charge < -0.3 is 4.74 Å². The zero-order valence-corrected chi connectivity index (χ0v) is 10.9. The van der Waals surface area contributed by atoms with Crippen molar-refractivity contribution in [1.82, 2.24) is 0 Å². The Hall–Kier alpha value is 0.180. The van der Waals surface area contributed by atoms with Crippen LogP contribution in [0.4, 0.5) is 0 Å². The van der Waals surface area contributed by atoms with Crippen LogP contribution >= 0.6 is 15.9 Å². The van der Waals surface area contributed by atoms with Crippen LogP contribution in [0.1, 0.15) is 51.4 Å². The van der Waals surface area contributed by atoms with Gasteiger partial charge in [-0.05, 0) is 24.2 Å². The maximum atomic E-state index is 5.00. The summed E-state index contributed by atoms with van der Waals surface area (Å²) in [5, 5.41) is 0. The van der Waals surface area contributed by atoms with Crippen LogP contribution in [0.15, 0.2) is 11.1 Å². The maximum absolute atomic E-state index is 5.00. The van der Waals surface area contributed by atoms with Gasteiger partial charge in [0.25, 0.3) is 0 Å². The van der Waals surface area contributed by atoms with Crippen LogP contribution in [0, 0.1) is 0 Å². The van der Waals surface area contributed by atoms with Gasteiger partial charge in [0, 0.05) is 13.7 Å². The molecule has 0 radical (unpaired) electrons. The van der Waals surface area contributed by atoms with Crippen LogP contribution in [0.25, 0.3) is 0 Å². The lowest BCUT2D eigenvalue weighted by Crippen LogP contribution is -1.88. The fraction of sp³-hybridized carbons (Fsp3) is 0.833. The van der Waals surface area contributed by atoms with Crippen LogP contribution in [0.5, 0.6) is 0 Å². The molecule has 0 amide bonds. The van der Waals surface area contributed by atoms with Gasteiger partial charge in [0.15, 0.2) is 0 Å². The summed E-state index contributed by atoms with van der Waals surface area (Å²) in [6.07, 6.45) is 12.8. The number of allylic oxidation sites excluding steroid dienone is 1. The van der Waals surface area contributed by atoms with Crippen molar-refractivity contribution in [3.63, 3.8) is 0 Å². The molecule has 0 heterocycles. The van der Waals surface area contributed by atoms with Crippen molar-refractivity contribution in [2.24, 2.45) is 0 Å². The van der Waals surface area contributed by atoms with E-state index in [4.69, 9.17) is 4.74 Å². The summed E-state index contributed by atoms with van der Waals surface area (Å²) in [5.74, 6) is 0. The molecule has 0 aromatic rings. The second-order valence-electron chi connectivity index (χ2n) is 3.62. The smallest absolute Gasteiger partial charge is 0.0462 e. The number of methoxy groups -OCH3 is 1. The lowest BCUT2D eigenvalue weighted by atomic mass is 10.1. The predicted molar refractivity (Wildman–Crippen MR) is 66.9 cm³/mol. The van der Waals surface area contributed by atoms with Gasteiger partial charge >= 0.3 is 0 Å². The van der Waals surface area contributed by atoms with E-state index in [0.717, 1.165) is 6.61 Å². The molecule has 1 nitrogen and oxygen atoms in total. The molecule has 0 aromatic carbocycles. The molecule has 0 saturated carbocycles. The van der Waals surface area contributed by atoms with Gasteiger partial charge in [0.1, 0.15) is 0 Å². The molecular weight excluding hydrogens is 240 g/mol. The summed E-state index contributed by atoms with van der Waals surface area (Å²) in [4.78, 5) is 1.96. The van der Waals surface area contributed by atoms with E-state index in [-0.39, 0.29) is 0 Å². The number of hydrogen-bond acceptors (Lipinski definition) is 1. The second-order valence-corrected chi connectivity index (χ2v) is 4.15. The fourth-order valence-corrected chi connectivity index (χ4v) is 1.72. The lowest BCUT2D eigenvalue weighted by molar-refractivity contribution is 0.192. The largest absolute Gasteiger partial charge is 0.385 e. The average Bonchev–Trinajstić information content (AvgIpc) is 2.21. The molecule has 14 heavy (non-hydrogen) atoms. The molecule has 0 aliphatic carbocycles. The van der Waals surface area contributed by atoms with E-state index in [1.54, 1.807) is 7.11 Å². The van der Waals surface area contributed by atoms with Gasteiger partial charge in [-0.1, -0.05) is 54.1 Å².